The van der Waals surface area contributed by atoms with E-state index in [1.807, 2.05) is 12.1 Å². The van der Waals surface area contributed by atoms with Crippen LogP contribution in [0.25, 0.3) is 16.7 Å². The first-order chi connectivity index (χ1) is 10.3. The Morgan fingerprint density at radius 2 is 1.77 bits per heavy atom. The van der Waals surface area contributed by atoms with E-state index in [1.165, 1.54) is 5.56 Å². The predicted molar refractivity (Wildman–Crippen MR) is 94.7 cm³/mol. The number of aromatic nitrogens is 3. The number of hydrogen-bond acceptors (Lipinski definition) is 3. The molecule has 0 unspecified atom stereocenters. The maximum atomic E-state index is 6.09. The zero-order valence-corrected chi connectivity index (χ0v) is 14.9. The fourth-order valence-corrected chi connectivity index (χ4v) is 3.02. The second kappa shape index (κ2) is 5.25. The second-order valence-electron chi connectivity index (χ2n) is 6.24. The molecule has 0 bridgehead atoms. The lowest BCUT2D eigenvalue weighted by Crippen LogP contribution is -2.11. The van der Waals surface area contributed by atoms with Crippen molar-refractivity contribution in [1.82, 2.24) is 15.0 Å². The first-order valence-electron chi connectivity index (χ1n) is 6.89. The highest BCUT2D eigenvalue weighted by atomic mass is 79.9. The molecule has 114 valence electrons. The van der Waals surface area contributed by atoms with E-state index in [-0.39, 0.29) is 5.41 Å². The molecule has 1 heterocycles. The number of hydrogen-bond donors (Lipinski definition) is 1. The minimum atomic E-state index is 0.117. The summed E-state index contributed by atoms with van der Waals surface area (Å²) in [4.78, 5) is 1.59. The van der Waals surface area contributed by atoms with Gasteiger partial charge in [-0.1, -0.05) is 44.5 Å². The van der Waals surface area contributed by atoms with Crippen LogP contribution in [0.1, 0.15) is 26.3 Å². The minimum Gasteiger partial charge on any atom is -0.397 e. The number of fused-ring (bicyclic) bond motifs is 1. The average Bonchev–Trinajstić information content (AvgIpc) is 2.88. The van der Waals surface area contributed by atoms with Crippen LogP contribution in [0.5, 0.6) is 0 Å². The van der Waals surface area contributed by atoms with Gasteiger partial charge in [0.1, 0.15) is 11.0 Å². The smallest absolute Gasteiger partial charge is 0.130 e. The molecule has 0 radical (unpaired) electrons. The lowest BCUT2D eigenvalue weighted by molar-refractivity contribution is 0.589. The average molecular weight is 380 g/mol. The Morgan fingerprint density at radius 3 is 2.36 bits per heavy atom. The molecule has 3 aromatic rings. The third-order valence-electron chi connectivity index (χ3n) is 3.57. The van der Waals surface area contributed by atoms with Crippen LogP contribution in [0, 0.1) is 0 Å². The van der Waals surface area contributed by atoms with E-state index >= 15 is 0 Å². The van der Waals surface area contributed by atoms with Gasteiger partial charge in [0.15, 0.2) is 0 Å². The molecule has 0 fully saturated rings. The van der Waals surface area contributed by atoms with Crippen molar-refractivity contribution in [2.75, 3.05) is 5.73 Å². The van der Waals surface area contributed by atoms with Gasteiger partial charge in [0.25, 0.3) is 0 Å². The molecule has 0 aliphatic heterocycles. The van der Waals surface area contributed by atoms with Crippen LogP contribution in [-0.4, -0.2) is 15.0 Å². The largest absolute Gasteiger partial charge is 0.397 e. The molecular formula is C16H16BrClN4. The number of benzene rings is 2. The Hall–Kier alpha value is -1.59. The van der Waals surface area contributed by atoms with Crippen molar-refractivity contribution in [1.29, 1.82) is 0 Å². The van der Waals surface area contributed by atoms with Crippen molar-refractivity contribution in [2.45, 2.75) is 26.2 Å². The standard InChI is InChI=1S/C16H16BrClN4/c1-16(2,3)9-4-6-10(7-5-9)22-20-12-8-11(18)14(19)13(17)15(12)21-22/h4-8H,19H2,1-3H3. The van der Waals surface area contributed by atoms with Gasteiger partial charge in [-0.15, -0.1) is 10.2 Å². The summed E-state index contributed by atoms with van der Waals surface area (Å²) in [5.41, 5.74) is 10.1. The molecule has 0 amide bonds. The molecule has 0 aliphatic carbocycles. The zero-order chi connectivity index (χ0) is 16.1. The van der Waals surface area contributed by atoms with E-state index < -0.39 is 0 Å². The fraction of sp³-hybridized carbons (Fsp3) is 0.250. The van der Waals surface area contributed by atoms with Gasteiger partial charge in [0, 0.05) is 0 Å². The molecule has 0 saturated carbocycles. The van der Waals surface area contributed by atoms with Gasteiger partial charge < -0.3 is 5.73 Å². The van der Waals surface area contributed by atoms with Gasteiger partial charge in [0.05, 0.1) is 20.9 Å². The molecule has 0 spiro atoms. The maximum Gasteiger partial charge on any atom is 0.130 e. The minimum absolute atomic E-state index is 0.117. The lowest BCUT2D eigenvalue weighted by Gasteiger charge is -2.18. The Balaban J connectivity index is 2.09. The first kappa shape index (κ1) is 15.3. The highest BCUT2D eigenvalue weighted by Crippen LogP contribution is 2.34. The number of rotatable bonds is 1. The molecule has 3 rings (SSSR count). The van der Waals surface area contributed by atoms with Crippen molar-refractivity contribution < 1.29 is 0 Å². The summed E-state index contributed by atoms with van der Waals surface area (Å²) in [5, 5.41) is 9.44. The van der Waals surface area contributed by atoms with Crippen LogP contribution < -0.4 is 5.73 Å². The summed E-state index contributed by atoms with van der Waals surface area (Å²) >= 11 is 9.52. The monoisotopic (exact) mass is 378 g/mol. The maximum absolute atomic E-state index is 6.09. The van der Waals surface area contributed by atoms with Crippen LogP contribution >= 0.6 is 27.5 Å². The molecule has 2 aromatic carbocycles. The van der Waals surface area contributed by atoms with Crippen LogP contribution in [-0.2, 0) is 5.41 Å². The van der Waals surface area contributed by atoms with E-state index in [4.69, 9.17) is 17.3 Å². The Bertz CT molecular complexity index is 847. The van der Waals surface area contributed by atoms with E-state index in [9.17, 15) is 0 Å². The van der Waals surface area contributed by atoms with Crippen LogP contribution in [0.2, 0.25) is 5.02 Å². The van der Waals surface area contributed by atoms with Crippen molar-refractivity contribution in [3.05, 3.63) is 45.4 Å². The number of nitrogens with zero attached hydrogens (tertiary/aromatic N) is 3. The highest BCUT2D eigenvalue weighted by Gasteiger charge is 2.15. The summed E-state index contributed by atoms with van der Waals surface area (Å²) < 4.78 is 0.674. The Labute approximate surface area is 142 Å². The van der Waals surface area contributed by atoms with Crippen molar-refractivity contribution in [3.8, 4) is 5.69 Å². The number of nitrogens with two attached hydrogens (primary N) is 1. The van der Waals surface area contributed by atoms with Gasteiger partial charge in [-0.3, -0.25) is 0 Å². The predicted octanol–water partition coefficient (Wildman–Crippen LogP) is 4.72. The molecule has 1 aromatic heterocycles. The Kier molecular flexibility index (Phi) is 3.65. The van der Waals surface area contributed by atoms with Crippen molar-refractivity contribution in [2.24, 2.45) is 0 Å². The molecule has 22 heavy (non-hydrogen) atoms. The SMILES string of the molecule is CC(C)(C)c1ccc(-n2nc3cc(Cl)c(N)c(Br)c3n2)cc1. The highest BCUT2D eigenvalue weighted by molar-refractivity contribution is 9.10. The molecule has 4 nitrogen and oxygen atoms in total. The molecule has 2 N–H and O–H groups in total. The molecule has 0 atom stereocenters. The van der Waals surface area contributed by atoms with E-state index in [0.717, 1.165) is 5.69 Å². The normalized spacial score (nSPS) is 12.0. The number of anilines is 1. The van der Waals surface area contributed by atoms with Gasteiger partial charge in [-0.25, -0.2) is 0 Å². The van der Waals surface area contributed by atoms with Gasteiger partial charge in [-0.2, -0.15) is 4.80 Å². The van der Waals surface area contributed by atoms with Gasteiger partial charge >= 0.3 is 0 Å². The van der Waals surface area contributed by atoms with E-state index in [0.29, 0.717) is 26.2 Å². The Morgan fingerprint density at radius 1 is 1.14 bits per heavy atom. The summed E-state index contributed by atoms with van der Waals surface area (Å²) in [6.45, 7) is 6.55. The zero-order valence-electron chi connectivity index (χ0n) is 12.6. The summed E-state index contributed by atoms with van der Waals surface area (Å²) in [6.07, 6.45) is 0. The summed E-state index contributed by atoms with van der Waals surface area (Å²) in [7, 11) is 0. The van der Waals surface area contributed by atoms with Crippen molar-refractivity contribution >= 4 is 44.3 Å². The quantitative estimate of drug-likeness (QED) is 0.623. The van der Waals surface area contributed by atoms with E-state index in [2.05, 4.69) is 59.0 Å². The lowest BCUT2D eigenvalue weighted by atomic mass is 9.87. The van der Waals surface area contributed by atoms with Crippen LogP contribution in [0.4, 0.5) is 5.69 Å². The molecule has 0 saturated heterocycles. The van der Waals surface area contributed by atoms with Crippen LogP contribution in [0.15, 0.2) is 34.8 Å². The fourth-order valence-electron chi connectivity index (χ4n) is 2.21. The number of halogens is 2. The second-order valence-corrected chi connectivity index (χ2v) is 7.44. The molecule has 0 aliphatic rings. The third-order valence-corrected chi connectivity index (χ3v) is 4.68. The first-order valence-corrected chi connectivity index (χ1v) is 8.06. The number of nitrogen functional groups attached to an aromatic ring is 1. The molecular weight excluding hydrogens is 364 g/mol. The summed E-state index contributed by atoms with van der Waals surface area (Å²) in [5.74, 6) is 0. The van der Waals surface area contributed by atoms with Crippen molar-refractivity contribution in [3.63, 3.8) is 0 Å². The molecule has 6 heteroatoms. The van der Waals surface area contributed by atoms with Crippen LogP contribution in [0.3, 0.4) is 0 Å². The summed E-state index contributed by atoms with van der Waals surface area (Å²) in [6, 6.07) is 9.94. The van der Waals surface area contributed by atoms with Gasteiger partial charge in [0.2, 0.25) is 0 Å². The van der Waals surface area contributed by atoms with Gasteiger partial charge in [-0.05, 0) is 45.1 Å². The third kappa shape index (κ3) is 2.59. The topological polar surface area (TPSA) is 56.7 Å². The van der Waals surface area contributed by atoms with E-state index in [1.54, 1.807) is 10.9 Å².